The molecule has 0 aromatic heterocycles. The average molecular weight is 430 g/mol. The van der Waals surface area contributed by atoms with Crippen LogP contribution in [0.1, 0.15) is 20.7 Å². The van der Waals surface area contributed by atoms with Gasteiger partial charge in [-0.25, -0.2) is 0 Å². The van der Waals surface area contributed by atoms with Crippen LogP contribution in [0.4, 0.5) is 5.69 Å². The van der Waals surface area contributed by atoms with Crippen LogP contribution >= 0.6 is 38.5 Å². The van der Waals surface area contributed by atoms with Crippen LogP contribution in [-0.2, 0) is 0 Å². The highest BCUT2D eigenvalue weighted by molar-refractivity contribution is 14.1. The van der Waals surface area contributed by atoms with Crippen LogP contribution in [0.3, 0.4) is 0 Å². The molecule has 0 aliphatic rings. The van der Waals surface area contributed by atoms with E-state index in [1.807, 2.05) is 22.6 Å². The van der Waals surface area contributed by atoms with Gasteiger partial charge in [0.05, 0.1) is 0 Å². The summed E-state index contributed by atoms with van der Waals surface area (Å²) >= 11 is 5.31. The van der Waals surface area contributed by atoms with E-state index in [0.717, 1.165) is 8.04 Å². The molecule has 0 amide bonds. The fraction of sp³-hybridized carbons (Fsp3) is 0. The zero-order valence-electron chi connectivity index (χ0n) is 9.69. The van der Waals surface area contributed by atoms with Crippen molar-refractivity contribution in [1.82, 2.24) is 0 Å². The summed E-state index contributed by atoms with van der Waals surface area (Å²) in [6.07, 6.45) is 0. The van der Waals surface area contributed by atoms with Gasteiger partial charge in [0.2, 0.25) is 11.6 Å². The third-order valence-electron chi connectivity index (χ3n) is 2.58. The summed E-state index contributed by atoms with van der Waals surface area (Å²) in [5.41, 5.74) is 7.00. The number of benzene rings is 2. The Morgan fingerprint density at radius 2 is 1.47 bits per heavy atom. The molecule has 0 atom stereocenters. The Balaban J connectivity index is 2.30. The smallest absolute Gasteiger partial charge is 0.233 e. The summed E-state index contributed by atoms with van der Waals surface area (Å²) in [4.78, 5) is 24.1. The number of rotatable bonds is 3. The second-order valence-electron chi connectivity index (χ2n) is 3.90. The van der Waals surface area contributed by atoms with E-state index in [2.05, 4.69) is 15.9 Å². The quantitative estimate of drug-likeness (QED) is 0.350. The van der Waals surface area contributed by atoms with Crippen LogP contribution in [0.15, 0.2) is 46.9 Å². The Hall–Kier alpha value is -1.21. The largest absolute Gasteiger partial charge is 0.398 e. The van der Waals surface area contributed by atoms with Crippen molar-refractivity contribution in [2.45, 2.75) is 0 Å². The Labute approximate surface area is 132 Å². The van der Waals surface area contributed by atoms with Gasteiger partial charge in [-0.3, -0.25) is 9.59 Å². The first-order valence-corrected chi connectivity index (χ1v) is 7.26. The van der Waals surface area contributed by atoms with E-state index in [0.29, 0.717) is 16.8 Å². The lowest BCUT2D eigenvalue weighted by Gasteiger charge is -2.03. The van der Waals surface area contributed by atoms with Gasteiger partial charge in [0.1, 0.15) is 0 Å². The zero-order chi connectivity index (χ0) is 14.0. The molecular formula is C14H9BrINO2. The van der Waals surface area contributed by atoms with Crippen molar-refractivity contribution in [3.05, 3.63) is 61.6 Å². The molecule has 0 saturated heterocycles. The molecule has 0 heterocycles. The van der Waals surface area contributed by atoms with Crippen LogP contribution in [0.2, 0.25) is 0 Å². The van der Waals surface area contributed by atoms with Gasteiger partial charge in [-0.15, -0.1) is 0 Å². The van der Waals surface area contributed by atoms with Crippen molar-refractivity contribution in [2.24, 2.45) is 0 Å². The minimum absolute atomic E-state index is 0.353. The predicted molar refractivity (Wildman–Crippen MR) is 86.4 cm³/mol. The highest BCUT2D eigenvalue weighted by atomic mass is 127. The number of carbonyl (C=O) groups excluding carboxylic acids is 2. The monoisotopic (exact) mass is 429 g/mol. The number of Topliss-reactive ketones (excluding diaryl/α,β-unsaturated/α-hetero) is 2. The Morgan fingerprint density at radius 3 is 2.05 bits per heavy atom. The number of nitrogen functional groups attached to an aromatic ring is 1. The van der Waals surface area contributed by atoms with Gasteiger partial charge < -0.3 is 5.73 Å². The number of anilines is 1. The molecule has 0 saturated carbocycles. The summed E-state index contributed by atoms with van der Waals surface area (Å²) in [6, 6.07) is 11.5. The van der Waals surface area contributed by atoms with E-state index < -0.39 is 11.6 Å². The number of hydrogen-bond acceptors (Lipinski definition) is 3. The maximum absolute atomic E-state index is 12.1. The number of ketones is 2. The highest BCUT2D eigenvalue weighted by Gasteiger charge is 2.18. The van der Waals surface area contributed by atoms with Crippen LogP contribution in [0.25, 0.3) is 0 Å². The van der Waals surface area contributed by atoms with Crippen molar-refractivity contribution in [2.75, 3.05) is 5.73 Å². The van der Waals surface area contributed by atoms with E-state index in [1.54, 1.807) is 42.5 Å². The molecule has 96 valence electrons. The average Bonchev–Trinajstić information content (AvgIpc) is 2.41. The minimum atomic E-state index is -0.528. The van der Waals surface area contributed by atoms with Gasteiger partial charge in [-0.05, 0) is 65.1 Å². The van der Waals surface area contributed by atoms with E-state index in [-0.39, 0.29) is 0 Å². The summed E-state index contributed by atoms with van der Waals surface area (Å²) in [5, 5.41) is 0. The molecule has 0 spiro atoms. The second kappa shape index (κ2) is 5.83. The van der Waals surface area contributed by atoms with Crippen molar-refractivity contribution in [3.8, 4) is 0 Å². The first kappa shape index (κ1) is 14.2. The number of halogens is 2. The summed E-state index contributed by atoms with van der Waals surface area (Å²) in [5.74, 6) is -1.05. The fourth-order valence-electron chi connectivity index (χ4n) is 1.53. The molecule has 0 radical (unpaired) electrons. The van der Waals surface area contributed by atoms with Crippen LogP contribution < -0.4 is 5.73 Å². The van der Waals surface area contributed by atoms with Gasteiger partial charge in [0.25, 0.3) is 0 Å². The maximum Gasteiger partial charge on any atom is 0.233 e. The van der Waals surface area contributed by atoms with Crippen LogP contribution in [-0.4, -0.2) is 11.6 Å². The molecule has 5 heteroatoms. The van der Waals surface area contributed by atoms with E-state index in [1.165, 1.54) is 0 Å². The lowest BCUT2D eigenvalue weighted by molar-refractivity contribution is 0.0817. The molecule has 0 unspecified atom stereocenters. The van der Waals surface area contributed by atoms with Crippen molar-refractivity contribution < 1.29 is 9.59 Å². The lowest BCUT2D eigenvalue weighted by Crippen LogP contribution is -2.14. The maximum atomic E-state index is 12.1. The summed E-state index contributed by atoms with van der Waals surface area (Å²) < 4.78 is 1.62. The SMILES string of the molecule is Nc1ccc(C(=O)C(=O)c2ccc(Br)cc2)cc1I. The Bertz CT molecular complexity index is 653. The van der Waals surface area contributed by atoms with Gasteiger partial charge >= 0.3 is 0 Å². The van der Waals surface area contributed by atoms with E-state index >= 15 is 0 Å². The van der Waals surface area contributed by atoms with Crippen molar-refractivity contribution in [1.29, 1.82) is 0 Å². The van der Waals surface area contributed by atoms with Crippen molar-refractivity contribution >= 4 is 55.8 Å². The third-order valence-corrected chi connectivity index (χ3v) is 4.04. The van der Waals surface area contributed by atoms with Gasteiger partial charge in [-0.1, -0.05) is 15.9 Å². The Morgan fingerprint density at radius 1 is 0.947 bits per heavy atom. The molecule has 2 N–H and O–H groups in total. The zero-order valence-corrected chi connectivity index (χ0v) is 13.4. The molecule has 2 rings (SSSR count). The number of nitrogens with two attached hydrogens (primary N) is 1. The molecule has 0 fully saturated rings. The van der Waals surface area contributed by atoms with Gasteiger partial charge in [-0.2, -0.15) is 0 Å². The second-order valence-corrected chi connectivity index (χ2v) is 5.98. The number of hydrogen-bond donors (Lipinski definition) is 1. The summed E-state index contributed by atoms with van der Waals surface area (Å²) in [7, 11) is 0. The Kier molecular flexibility index (Phi) is 4.36. The highest BCUT2D eigenvalue weighted by Crippen LogP contribution is 2.18. The van der Waals surface area contributed by atoms with Crippen molar-refractivity contribution in [3.63, 3.8) is 0 Å². The molecule has 0 aliphatic heterocycles. The third kappa shape index (κ3) is 3.22. The molecule has 19 heavy (non-hydrogen) atoms. The molecule has 0 bridgehead atoms. The van der Waals surface area contributed by atoms with E-state index in [4.69, 9.17) is 5.73 Å². The molecule has 0 aliphatic carbocycles. The van der Waals surface area contributed by atoms with Gasteiger partial charge in [0.15, 0.2) is 0 Å². The fourth-order valence-corrected chi connectivity index (χ4v) is 2.31. The van der Waals surface area contributed by atoms with Crippen LogP contribution in [0.5, 0.6) is 0 Å². The van der Waals surface area contributed by atoms with Crippen LogP contribution in [0, 0.1) is 3.57 Å². The standard InChI is InChI=1S/C14H9BrINO2/c15-10-4-1-8(2-5-10)13(18)14(19)9-3-6-12(17)11(16)7-9/h1-7H,17H2. The lowest BCUT2D eigenvalue weighted by atomic mass is 10.0. The topological polar surface area (TPSA) is 60.2 Å². The van der Waals surface area contributed by atoms with Gasteiger partial charge in [0, 0.05) is 24.9 Å². The predicted octanol–water partition coefficient (Wildman–Crippen LogP) is 3.70. The molecule has 2 aromatic rings. The minimum Gasteiger partial charge on any atom is -0.398 e. The normalized spacial score (nSPS) is 10.2. The first-order valence-electron chi connectivity index (χ1n) is 5.38. The van der Waals surface area contributed by atoms with E-state index in [9.17, 15) is 9.59 Å². The molecule has 2 aromatic carbocycles. The first-order chi connectivity index (χ1) is 8.99. The molecular weight excluding hydrogens is 421 g/mol. The molecule has 3 nitrogen and oxygen atoms in total. The number of carbonyl (C=O) groups is 2. The summed E-state index contributed by atoms with van der Waals surface area (Å²) in [6.45, 7) is 0.